The lowest BCUT2D eigenvalue weighted by Crippen LogP contribution is -1.96. The Balaban J connectivity index is 1.17. The van der Waals surface area contributed by atoms with E-state index in [1.165, 1.54) is 99.5 Å². The van der Waals surface area contributed by atoms with E-state index in [0.29, 0.717) is 0 Å². The smallest absolute Gasteiger partial charge is 0.0619 e. The first-order chi connectivity index (χ1) is 24.8. The molecule has 2 heteroatoms. The summed E-state index contributed by atoms with van der Waals surface area (Å²) in [4.78, 5) is 0. The monoisotopic (exact) mass is 634 g/mol. The molecule has 0 N–H and O–H groups in total. The van der Waals surface area contributed by atoms with Crippen LogP contribution >= 0.6 is 0 Å². The van der Waals surface area contributed by atoms with Crippen LogP contribution in [0.5, 0.6) is 0 Å². The molecule has 0 fully saturated rings. The second-order valence-corrected chi connectivity index (χ2v) is 13.3. The fraction of sp³-hybridized carbons (Fsp3) is 0. The van der Waals surface area contributed by atoms with E-state index in [4.69, 9.17) is 0 Å². The van der Waals surface area contributed by atoms with Crippen LogP contribution in [0.1, 0.15) is 0 Å². The number of hydrogen-bond acceptors (Lipinski definition) is 0. The van der Waals surface area contributed by atoms with Crippen molar-refractivity contribution in [1.29, 1.82) is 0 Å². The van der Waals surface area contributed by atoms with Gasteiger partial charge in [-0.2, -0.15) is 0 Å². The van der Waals surface area contributed by atoms with Crippen molar-refractivity contribution >= 4 is 43.6 Å². The summed E-state index contributed by atoms with van der Waals surface area (Å²) in [6, 6.07) is 66.8. The van der Waals surface area contributed by atoms with E-state index in [-0.39, 0.29) is 0 Å². The minimum absolute atomic E-state index is 1.18. The molecule has 0 bridgehead atoms. The van der Waals surface area contributed by atoms with Gasteiger partial charge in [-0.1, -0.05) is 133 Å². The lowest BCUT2D eigenvalue weighted by atomic mass is 9.92. The normalized spacial score (nSPS) is 12.0. The van der Waals surface area contributed by atoms with Gasteiger partial charge in [0.15, 0.2) is 0 Å². The zero-order valence-electron chi connectivity index (χ0n) is 27.2. The van der Waals surface area contributed by atoms with Crippen molar-refractivity contribution in [2.75, 3.05) is 0 Å². The molecule has 50 heavy (non-hydrogen) atoms. The van der Waals surface area contributed by atoms with E-state index in [2.05, 4.69) is 191 Å². The van der Waals surface area contributed by atoms with Crippen LogP contribution < -0.4 is 0 Å². The van der Waals surface area contributed by atoms with Gasteiger partial charge in [-0.3, -0.25) is 0 Å². The van der Waals surface area contributed by atoms with Gasteiger partial charge in [0.2, 0.25) is 0 Å². The highest BCUT2D eigenvalue weighted by atomic mass is 15.0. The summed E-state index contributed by atoms with van der Waals surface area (Å²) in [5.74, 6) is 0. The molecule has 0 spiro atoms. The zero-order valence-corrected chi connectivity index (χ0v) is 27.2. The third-order valence-electron chi connectivity index (χ3n) is 10.7. The molecule has 3 heterocycles. The molecule has 2 nitrogen and oxygen atoms in total. The summed E-state index contributed by atoms with van der Waals surface area (Å²) in [5, 5.41) is 5.07. The third kappa shape index (κ3) is 3.85. The predicted octanol–water partition coefficient (Wildman–Crippen LogP) is 12.9. The van der Waals surface area contributed by atoms with Gasteiger partial charge in [-0.15, -0.1) is 0 Å². The molecule has 0 atom stereocenters. The van der Waals surface area contributed by atoms with E-state index >= 15 is 0 Å². The number of benzene rings is 8. The maximum atomic E-state index is 2.52. The molecular formula is C48H30N2. The van der Waals surface area contributed by atoms with E-state index in [1.54, 1.807) is 0 Å². The van der Waals surface area contributed by atoms with Crippen molar-refractivity contribution in [3.63, 3.8) is 0 Å². The molecule has 8 aromatic carbocycles. The minimum Gasteiger partial charge on any atom is -0.309 e. The summed E-state index contributed by atoms with van der Waals surface area (Å²) in [6.07, 6.45) is 0. The molecule has 2 aromatic heterocycles. The Morgan fingerprint density at radius 2 is 0.820 bits per heavy atom. The summed E-state index contributed by atoms with van der Waals surface area (Å²) in [7, 11) is 0. The summed E-state index contributed by atoms with van der Waals surface area (Å²) in [5.41, 5.74) is 17.2. The molecule has 0 unspecified atom stereocenters. The quantitative estimate of drug-likeness (QED) is 0.183. The second-order valence-electron chi connectivity index (χ2n) is 13.3. The van der Waals surface area contributed by atoms with Gasteiger partial charge in [-0.25, -0.2) is 0 Å². The number of rotatable bonds is 3. The predicted molar refractivity (Wildman–Crippen MR) is 210 cm³/mol. The van der Waals surface area contributed by atoms with Crippen LogP contribution in [-0.2, 0) is 0 Å². The highest BCUT2D eigenvalue weighted by molar-refractivity contribution is 6.17. The Morgan fingerprint density at radius 1 is 0.280 bits per heavy atom. The van der Waals surface area contributed by atoms with Gasteiger partial charge >= 0.3 is 0 Å². The number of hydrogen-bond donors (Lipinski definition) is 0. The number of aromatic nitrogens is 2. The van der Waals surface area contributed by atoms with Gasteiger partial charge in [0.25, 0.3) is 0 Å². The Bertz CT molecular complexity index is 2960. The van der Waals surface area contributed by atoms with Gasteiger partial charge in [0.1, 0.15) is 0 Å². The van der Waals surface area contributed by atoms with Crippen LogP contribution in [0.2, 0.25) is 0 Å². The molecule has 0 radical (unpaired) electrons. The second kappa shape index (κ2) is 10.4. The van der Waals surface area contributed by atoms with E-state index < -0.39 is 0 Å². The summed E-state index contributed by atoms with van der Waals surface area (Å²) in [6.45, 7) is 0. The molecule has 11 rings (SSSR count). The van der Waals surface area contributed by atoms with Crippen molar-refractivity contribution in [2.24, 2.45) is 0 Å². The Hall–Kier alpha value is -6.64. The molecular weight excluding hydrogens is 605 g/mol. The Kier molecular flexibility index (Phi) is 5.70. The molecule has 0 saturated heterocycles. The van der Waals surface area contributed by atoms with Crippen LogP contribution in [0.4, 0.5) is 0 Å². The minimum atomic E-state index is 1.18. The molecule has 1 aliphatic rings. The topological polar surface area (TPSA) is 9.86 Å². The van der Waals surface area contributed by atoms with Crippen molar-refractivity contribution < 1.29 is 0 Å². The van der Waals surface area contributed by atoms with E-state index in [0.717, 1.165) is 0 Å². The zero-order chi connectivity index (χ0) is 32.8. The molecule has 10 aromatic rings. The first-order valence-electron chi connectivity index (χ1n) is 17.3. The molecule has 0 amide bonds. The highest BCUT2D eigenvalue weighted by Gasteiger charge is 2.25. The SMILES string of the molecule is c1ccc(-c2ccc3c(c2)-n2c4ccc(-c5ccc6c(c5)c5ccccc5n6-c5ccccc5)cc4c4cccc(c42)-c2ccccc2-3)cc1. The van der Waals surface area contributed by atoms with E-state index in [9.17, 15) is 0 Å². The Morgan fingerprint density at radius 3 is 1.60 bits per heavy atom. The third-order valence-corrected chi connectivity index (χ3v) is 10.7. The largest absolute Gasteiger partial charge is 0.309 e. The summed E-state index contributed by atoms with van der Waals surface area (Å²) < 4.78 is 4.90. The van der Waals surface area contributed by atoms with Crippen LogP contribution in [0.15, 0.2) is 182 Å². The highest BCUT2D eigenvalue weighted by Crippen LogP contribution is 2.48. The van der Waals surface area contributed by atoms with Crippen LogP contribution in [0.25, 0.3) is 99.5 Å². The van der Waals surface area contributed by atoms with Crippen LogP contribution in [0, 0.1) is 0 Å². The lowest BCUT2D eigenvalue weighted by molar-refractivity contribution is 1.18. The van der Waals surface area contributed by atoms with E-state index in [1.807, 2.05) is 0 Å². The van der Waals surface area contributed by atoms with Crippen molar-refractivity contribution in [3.8, 4) is 55.9 Å². The Labute approximate surface area is 289 Å². The van der Waals surface area contributed by atoms with Crippen molar-refractivity contribution in [3.05, 3.63) is 182 Å². The maximum Gasteiger partial charge on any atom is 0.0619 e. The van der Waals surface area contributed by atoms with Gasteiger partial charge in [-0.05, 0) is 81.9 Å². The number of fused-ring (bicyclic) bond motifs is 11. The molecule has 1 aliphatic heterocycles. The molecule has 0 saturated carbocycles. The van der Waals surface area contributed by atoms with Crippen molar-refractivity contribution in [2.45, 2.75) is 0 Å². The first kappa shape index (κ1) is 27.3. The first-order valence-corrected chi connectivity index (χ1v) is 17.3. The van der Waals surface area contributed by atoms with Gasteiger partial charge < -0.3 is 9.13 Å². The molecule has 232 valence electrons. The standard InChI is InChI=1S/C48H30N2/c1-3-12-31(13-4-1)34-22-25-39-36-16-7-8-17-37(36)40-19-11-20-41-43-29-33(24-27-46(43)50(48(40)41)47(39)30-34)32-23-26-45-42(28-32)38-18-9-10-21-44(38)49(45)35-14-5-2-6-15-35/h1-30H. The average molecular weight is 635 g/mol. The number of para-hydroxylation sites is 3. The summed E-state index contributed by atoms with van der Waals surface area (Å²) >= 11 is 0. The van der Waals surface area contributed by atoms with Gasteiger partial charge in [0, 0.05) is 38.4 Å². The fourth-order valence-electron chi connectivity index (χ4n) is 8.43. The number of nitrogens with zero attached hydrogens (tertiary/aromatic N) is 2. The van der Waals surface area contributed by atoms with Crippen LogP contribution in [0.3, 0.4) is 0 Å². The lowest BCUT2D eigenvalue weighted by Gasteiger charge is -2.15. The maximum absolute atomic E-state index is 2.52. The van der Waals surface area contributed by atoms with Gasteiger partial charge in [0.05, 0.1) is 27.8 Å². The molecule has 0 aliphatic carbocycles. The van der Waals surface area contributed by atoms with Crippen LogP contribution in [-0.4, -0.2) is 9.13 Å². The average Bonchev–Trinajstić information content (AvgIpc) is 3.66. The fourth-order valence-corrected chi connectivity index (χ4v) is 8.43. The van der Waals surface area contributed by atoms with Crippen molar-refractivity contribution in [1.82, 2.24) is 9.13 Å².